The van der Waals surface area contributed by atoms with Gasteiger partial charge < -0.3 is 9.80 Å². The van der Waals surface area contributed by atoms with Crippen molar-refractivity contribution in [3.63, 3.8) is 0 Å². The van der Waals surface area contributed by atoms with Crippen LogP contribution in [0.1, 0.15) is 39.2 Å². The van der Waals surface area contributed by atoms with Crippen LogP contribution in [0.25, 0.3) is 0 Å². The molecule has 1 unspecified atom stereocenters. The van der Waals surface area contributed by atoms with Crippen molar-refractivity contribution in [2.45, 2.75) is 51.4 Å². The smallest absolute Gasteiger partial charge is 0.219 e. The van der Waals surface area contributed by atoms with Crippen molar-refractivity contribution in [1.82, 2.24) is 9.21 Å². The van der Waals surface area contributed by atoms with E-state index < -0.39 is 15.3 Å². The van der Waals surface area contributed by atoms with E-state index in [1.807, 2.05) is 35.9 Å². The minimum atomic E-state index is -3.39. The van der Waals surface area contributed by atoms with Crippen LogP contribution in [0.2, 0.25) is 0 Å². The van der Waals surface area contributed by atoms with Crippen molar-refractivity contribution in [1.29, 1.82) is 0 Å². The predicted octanol–water partition coefficient (Wildman–Crippen LogP) is 3.94. The molecule has 0 spiro atoms. The van der Waals surface area contributed by atoms with E-state index in [1.165, 1.54) is 10.4 Å². The number of anilines is 1. The molecule has 2 saturated heterocycles. The molecule has 0 bridgehead atoms. The first-order valence-electron chi connectivity index (χ1n) is 11.0. The molecule has 1 aromatic heterocycles. The maximum Gasteiger partial charge on any atom is 0.219 e. The summed E-state index contributed by atoms with van der Waals surface area (Å²) in [5, 5.41) is 3.66. The molecule has 0 aliphatic carbocycles. The number of thiophene rings is 1. The molecule has 4 rings (SSSR count). The second kappa shape index (κ2) is 10.8. The minimum Gasteiger partial charge on any atom is -0.368 e. The van der Waals surface area contributed by atoms with E-state index >= 15 is 0 Å². The fourth-order valence-corrected chi connectivity index (χ4v) is 6.31. The quantitative estimate of drug-likeness (QED) is 0.666. The van der Waals surface area contributed by atoms with Gasteiger partial charge in [-0.25, -0.2) is 12.8 Å². The van der Waals surface area contributed by atoms with Crippen LogP contribution in [0.3, 0.4) is 0 Å². The van der Waals surface area contributed by atoms with Crippen molar-refractivity contribution >= 4 is 33.0 Å². The van der Waals surface area contributed by atoms with Gasteiger partial charge in [0.05, 0.1) is 5.25 Å². The molecule has 176 valence electrons. The van der Waals surface area contributed by atoms with E-state index in [2.05, 4.69) is 4.90 Å². The second-order valence-corrected chi connectivity index (χ2v) is 11.5. The summed E-state index contributed by atoms with van der Waals surface area (Å²) in [6.45, 7) is 7.79. The molecule has 0 saturated carbocycles. The Bertz CT molecular complexity index is 973. The van der Waals surface area contributed by atoms with Gasteiger partial charge >= 0.3 is 0 Å². The van der Waals surface area contributed by atoms with Crippen molar-refractivity contribution in [2.24, 2.45) is 0 Å². The Balaban J connectivity index is 0.000000509. The molecule has 2 aliphatic rings. The molecule has 1 amide bonds. The molecule has 2 fully saturated rings. The van der Waals surface area contributed by atoms with Crippen LogP contribution in [0, 0.1) is 5.82 Å². The summed E-state index contributed by atoms with van der Waals surface area (Å²) < 4.78 is 41.4. The van der Waals surface area contributed by atoms with Crippen LogP contribution in [0.5, 0.6) is 0 Å². The van der Waals surface area contributed by atoms with Crippen LogP contribution in [0.4, 0.5) is 10.1 Å². The Morgan fingerprint density at radius 1 is 1.09 bits per heavy atom. The van der Waals surface area contributed by atoms with E-state index in [1.54, 1.807) is 36.2 Å². The van der Waals surface area contributed by atoms with Gasteiger partial charge in [0.25, 0.3) is 0 Å². The zero-order valence-electron chi connectivity index (χ0n) is 18.9. The number of hydrogen-bond acceptors (Lipinski definition) is 5. The molecule has 3 heterocycles. The average molecular weight is 482 g/mol. The molecular weight excluding hydrogens is 449 g/mol. The molecule has 2 aliphatic heterocycles. The van der Waals surface area contributed by atoms with Crippen LogP contribution >= 0.6 is 11.3 Å². The second-order valence-electron chi connectivity index (χ2n) is 8.39. The lowest BCUT2D eigenvalue weighted by atomic mass is 10.1. The highest BCUT2D eigenvalue weighted by Crippen LogP contribution is 2.29. The Kier molecular flexibility index (Phi) is 8.30. The summed E-state index contributed by atoms with van der Waals surface area (Å²) in [7, 11) is -3.39. The summed E-state index contributed by atoms with van der Waals surface area (Å²) in [5.41, 5.74) is 1.16. The zero-order chi connectivity index (χ0) is 23.3. The molecule has 6 nitrogen and oxygen atoms in total. The molecular formula is C23H32FN3O3S2. The minimum absolute atomic E-state index is 0.0577. The topological polar surface area (TPSA) is 60.9 Å². The molecule has 0 radical (unpaired) electrons. The summed E-state index contributed by atoms with van der Waals surface area (Å²) in [4.78, 5) is 15.3. The number of rotatable bonds is 3. The van der Waals surface area contributed by atoms with Crippen LogP contribution < -0.4 is 4.90 Å². The number of piperazine rings is 1. The van der Waals surface area contributed by atoms with Gasteiger partial charge in [-0.3, -0.25) is 4.79 Å². The molecule has 1 aromatic carbocycles. The monoisotopic (exact) mass is 481 g/mol. The number of carbonyl (C=O) groups is 1. The van der Waals surface area contributed by atoms with Gasteiger partial charge in [0.2, 0.25) is 15.9 Å². The van der Waals surface area contributed by atoms with E-state index in [0.29, 0.717) is 38.2 Å². The number of sulfonamides is 1. The number of hydrogen-bond donors (Lipinski definition) is 0. The fraction of sp³-hybridized carbons (Fsp3) is 0.522. The Hall–Kier alpha value is -1.97. The van der Waals surface area contributed by atoms with Gasteiger partial charge in [-0.1, -0.05) is 18.2 Å². The highest BCUT2D eigenvalue weighted by atomic mass is 32.2. The molecule has 0 N–H and O–H groups in total. The van der Waals surface area contributed by atoms with Gasteiger partial charge in [-0.05, 0) is 49.6 Å². The third kappa shape index (κ3) is 5.88. The van der Waals surface area contributed by atoms with E-state index in [9.17, 15) is 17.6 Å². The maximum atomic E-state index is 14.7. The van der Waals surface area contributed by atoms with Crippen LogP contribution in [-0.4, -0.2) is 61.0 Å². The third-order valence-corrected chi connectivity index (χ3v) is 9.22. The fourth-order valence-electron chi connectivity index (χ4n) is 4.03. The number of benzene rings is 1. The van der Waals surface area contributed by atoms with E-state index in [-0.39, 0.29) is 24.3 Å². The summed E-state index contributed by atoms with van der Waals surface area (Å²) in [6, 6.07) is 8.92. The first-order chi connectivity index (χ1) is 15.2. The number of carbonyl (C=O) groups excluding carboxylic acids is 1. The summed E-state index contributed by atoms with van der Waals surface area (Å²) >= 11 is 1.71. The van der Waals surface area contributed by atoms with Gasteiger partial charge in [-0.2, -0.15) is 15.6 Å². The van der Waals surface area contributed by atoms with E-state index in [0.717, 1.165) is 12.1 Å². The largest absolute Gasteiger partial charge is 0.368 e. The highest BCUT2D eigenvalue weighted by molar-refractivity contribution is 7.89. The standard InChI is InChI=1S/C19H28FN3O3S.C4H4S/c1-14-4-5-15(2)27(25,26)23(14)13-17-6-7-18(12-19(17)20)22-10-8-21(9-11-22)16(3)24;1-2-4-5-3-1/h6-7,12,14-15H,4-5,8-11,13H2,1-3H3;1-4H/t14-,15?;/m0./s1. The zero-order valence-corrected chi connectivity index (χ0v) is 20.5. The van der Waals surface area contributed by atoms with Gasteiger partial charge in [-0.15, -0.1) is 0 Å². The lowest BCUT2D eigenvalue weighted by molar-refractivity contribution is -0.129. The highest BCUT2D eigenvalue weighted by Gasteiger charge is 2.37. The maximum absolute atomic E-state index is 14.7. The average Bonchev–Trinajstić information content (AvgIpc) is 3.35. The number of amides is 1. The Morgan fingerprint density at radius 3 is 2.28 bits per heavy atom. The Morgan fingerprint density at radius 2 is 1.75 bits per heavy atom. The van der Waals surface area contributed by atoms with Crippen molar-refractivity contribution in [3.8, 4) is 0 Å². The third-order valence-electron chi connectivity index (χ3n) is 6.20. The summed E-state index contributed by atoms with van der Waals surface area (Å²) in [6.07, 6.45) is 1.44. The Labute approximate surface area is 194 Å². The van der Waals surface area contributed by atoms with Crippen LogP contribution in [0.15, 0.2) is 41.1 Å². The number of halogens is 1. The molecule has 2 aromatic rings. The van der Waals surface area contributed by atoms with Gasteiger partial charge in [0.15, 0.2) is 0 Å². The van der Waals surface area contributed by atoms with Crippen molar-refractivity contribution < 1.29 is 17.6 Å². The molecule has 2 atom stereocenters. The normalized spacial score (nSPS) is 23.4. The van der Waals surface area contributed by atoms with Crippen LogP contribution in [-0.2, 0) is 21.4 Å². The van der Waals surface area contributed by atoms with E-state index in [4.69, 9.17) is 0 Å². The molecule has 9 heteroatoms. The van der Waals surface area contributed by atoms with Gasteiger partial charge in [0, 0.05) is 56.9 Å². The lowest BCUT2D eigenvalue weighted by Crippen LogP contribution is -2.48. The van der Waals surface area contributed by atoms with Gasteiger partial charge in [0.1, 0.15) is 5.82 Å². The van der Waals surface area contributed by atoms with Crippen molar-refractivity contribution in [2.75, 3.05) is 31.1 Å². The predicted molar refractivity (Wildman–Crippen MR) is 128 cm³/mol. The number of nitrogens with zero attached hydrogens (tertiary/aromatic N) is 3. The van der Waals surface area contributed by atoms with Crippen molar-refractivity contribution in [3.05, 3.63) is 52.5 Å². The first kappa shape index (κ1) is 24.7. The summed E-state index contributed by atoms with van der Waals surface area (Å²) in [5.74, 6) is -0.329. The molecule has 32 heavy (non-hydrogen) atoms. The lowest BCUT2D eigenvalue weighted by Gasteiger charge is -2.37. The first-order valence-corrected chi connectivity index (χ1v) is 13.4. The SMILES string of the molecule is CC(=O)N1CCN(c2ccc(CN3[C@@H](C)CCC(C)S3(=O)=O)c(F)c2)CC1.c1ccsc1.